The monoisotopic (exact) mass is 443 g/mol. The maximum Gasteiger partial charge on any atom is 0.244 e. The number of sulfonamides is 1. The molecular weight excluding hydrogens is 414 g/mol. The number of carbonyl (C=O) groups excluding carboxylic acids is 1. The van der Waals surface area contributed by atoms with E-state index in [1.807, 2.05) is 35.2 Å². The smallest absolute Gasteiger partial charge is 0.244 e. The average molecular weight is 444 g/mol. The summed E-state index contributed by atoms with van der Waals surface area (Å²) in [6, 6.07) is 8.82. The molecular formula is C19H29N3O5S2. The summed E-state index contributed by atoms with van der Waals surface area (Å²) in [5.41, 5.74) is 0.854. The van der Waals surface area contributed by atoms with Gasteiger partial charge in [-0.1, -0.05) is 30.3 Å². The molecule has 0 aromatic heterocycles. The molecule has 0 N–H and O–H groups in total. The number of likely N-dealkylation sites (tertiary alicyclic amines) is 1. The number of rotatable bonds is 5. The number of piperidine rings is 1. The van der Waals surface area contributed by atoms with Crippen LogP contribution in [0.4, 0.5) is 0 Å². The van der Waals surface area contributed by atoms with Gasteiger partial charge in [0, 0.05) is 39.3 Å². The van der Waals surface area contributed by atoms with E-state index in [2.05, 4.69) is 0 Å². The Morgan fingerprint density at radius 3 is 2.14 bits per heavy atom. The van der Waals surface area contributed by atoms with Crippen molar-refractivity contribution in [3.05, 3.63) is 35.9 Å². The van der Waals surface area contributed by atoms with E-state index in [0.717, 1.165) is 5.56 Å². The molecule has 1 amide bonds. The van der Waals surface area contributed by atoms with Crippen LogP contribution in [-0.4, -0.2) is 93.9 Å². The lowest BCUT2D eigenvalue weighted by atomic mass is 10.00. The second kappa shape index (κ2) is 8.71. The normalized spacial score (nSPS) is 22.5. The van der Waals surface area contributed by atoms with E-state index >= 15 is 0 Å². The maximum atomic E-state index is 13.4. The van der Waals surface area contributed by atoms with Crippen LogP contribution in [0.3, 0.4) is 0 Å². The largest absolute Gasteiger partial charge is 0.341 e. The highest BCUT2D eigenvalue weighted by Crippen LogP contribution is 2.27. The van der Waals surface area contributed by atoms with E-state index in [-0.39, 0.29) is 23.5 Å². The van der Waals surface area contributed by atoms with Crippen LogP contribution in [0.15, 0.2) is 30.3 Å². The summed E-state index contributed by atoms with van der Waals surface area (Å²) >= 11 is 0. The molecule has 1 atom stereocenters. The second-order valence-corrected chi connectivity index (χ2v) is 12.2. The van der Waals surface area contributed by atoms with E-state index in [1.165, 1.54) is 10.6 Å². The van der Waals surface area contributed by atoms with Crippen molar-refractivity contribution in [3.63, 3.8) is 0 Å². The molecule has 29 heavy (non-hydrogen) atoms. The Hall–Kier alpha value is -1.49. The van der Waals surface area contributed by atoms with Crippen molar-refractivity contribution in [1.29, 1.82) is 0 Å². The fourth-order valence-electron chi connectivity index (χ4n) is 4.02. The lowest BCUT2D eigenvalue weighted by molar-refractivity contribution is -0.138. The van der Waals surface area contributed by atoms with Gasteiger partial charge in [0.05, 0.1) is 17.8 Å². The van der Waals surface area contributed by atoms with E-state index < -0.39 is 25.9 Å². The topological polar surface area (TPSA) is 95.1 Å². The van der Waals surface area contributed by atoms with Gasteiger partial charge in [0.1, 0.15) is 6.04 Å². The van der Waals surface area contributed by atoms with Crippen molar-refractivity contribution in [2.45, 2.75) is 24.9 Å². The lowest BCUT2D eigenvalue weighted by Gasteiger charge is -2.40. The molecule has 2 fully saturated rings. The number of carbonyl (C=O) groups is 1. The summed E-state index contributed by atoms with van der Waals surface area (Å²) in [4.78, 5) is 17.2. The third kappa shape index (κ3) is 5.36. The molecule has 2 aliphatic heterocycles. The van der Waals surface area contributed by atoms with Gasteiger partial charge < -0.3 is 4.90 Å². The van der Waals surface area contributed by atoms with E-state index in [0.29, 0.717) is 39.0 Å². The zero-order chi connectivity index (χ0) is 21.2. The van der Waals surface area contributed by atoms with Gasteiger partial charge in [-0.05, 0) is 18.4 Å². The van der Waals surface area contributed by atoms with Crippen molar-refractivity contribution in [2.24, 2.45) is 0 Å². The van der Waals surface area contributed by atoms with Crippen molar-refractivity contribution in [2.75, 3.05) is 51.0 Å². The zero-order valence-electron chi connectivity index (χ0n) is 16.9. The van der Waals surface area contributed by atoms with Crippen molar-refractivity contribution >= 4 is 25.8 Å². The Morgan fingerprint density at radius 2 is 1.62 bits per heavy atom. The van der Waals surface area contributed by atoms with E-state index in [4.69, 9.17) is 0 Å². The van der Waals surface area contributed by atoms with Crippen LogP contribution in [0.25, 0.3) is 0 Å². The molecule has 1 unspecified atom stereocenters. The number of sulfone groups is 1. The van der Waals surface area contributed by atoms with Gasteiger partial charge in [-0.2, -0.15) is 0 Å². The molecule has 0 spiro atoms. The Labute approximate surface area is 173 Å². The van der Waals surface area contributed by atoms with Gasteiger partial charge >= 0.3 is 0 Å². The third-order valence-corrected chi connectivity index (χ3v) is 8.86. The SMILES string of the molecule is CN(C1CCN(C(=O)C(c2ccccc2)N2CCS(=O)(=O)CC2)CC1)S(C)(=O)=O. The maximum absolute atomic E-state index is 13.4. The van der Waals surface area contributed by atoms with Crippen LogP contribution < -0.4 is 0 Å². The van der Waals surface area contributed by atoms with Crippen LogP contribution in [0.1, 0.15) is 24.4 Å². The lowest BCUT2D eigenvalue weighted by Crippen LogP contribution is -2.52. The summed E-state index contributed by atoms with van der Waals surface area (Å²) in [7, 11) is -4.72. The van der Waals surface area contributed by atoms with Crippen LogP contribution in [-0.2, 0) is 24.7 Å². The Balaban J connectivity index is 1.74. The Morgan fingerprint density at radius 1 is 1.07 bits per heavy atom. The molecule has 2 heterocycles. The predicted molar refractivity (Wildman–Crippen MR) is 112 cm³/mol. The molecule has 0 saturated carbocycles. The molecule has 1 aromatic rings. The summed E-state index contributed by atoms with van der Waals surface area (Å²) in [5, 5.41) is 0. The van der Waals surface area contributed by atoms with Gasteiger partial charge in [-0.25, -0.2) is 21.1 Å². The molecule has 2 aliphatic rings. The van der Waals surface area contributed by atoms with Crippen LogP contribution in [0.5, 0.6) is 0 Å². The highest BCUT2D eigenvalue weighted by atomic mass is 32.2. The van der Waals surface area contributed by atoms with Gasteiger partial charge in [0.15, 0.2) is 9.84 Å². The van der Waals surface area contributed by atoms with Crippen molar-refractivity contribution < 1.29 is 21.6 Å². The van der Waals surface area contributed by atoms with Crippen molar-refractivity contribution in [3.8, 4) is 0 Å². The number of nitrogens with zero attached hydrogens (tertiary/aromatic N) is 3. The molecule has 0 radical (unpaired) electrons. The molecule has 2 saturated heterocycles. The molecule has 1 aromatic carbocycles. The predicted octanol–water partition coefficient (Wildman–Crippen LogP) is 0.341. The Bertz CT molecular complexity index is 912. The highest BCUT2D eigenvalue weighted by Gasteiger charge is 2.37. The van der Waals surface area contributed by atoms with Crippen LogP contribution >= 0.6 is 0 Å². The fourth-order valence-corrected chi connectivity index (χ4v) is 6.01. The minimum absolute atomic E-state index is 0.0454. The van der Waals surface area contributed by atoms with Gasteiger partial charge in [-0.3, -0.25) is 9.69 Å². The molecule has 162 valence electrons. The highest BCUT2D eigenvalue weighted by molar-refractivity contribution is 7.91. The average Bonchev–Trinajstić information content (AvgIpc) is 2.69. The fraction of sp³-hybridized carbons (Fsp3) is 0.632. The summed E-state index contributed by atoms with van der Waals surface area (Å²) in [6.45, 7) is 1.64. The molecule has 0 bridgehead atoms. The molecule has 0 aliphatic carbocycles. The molecule has 8 nitrogen and oxygen atoms in total. The number of hydrogen-bond acceptors (Lipinski definition) is 6. The number of amides is 1. The first-order valence-corrected chi connectivity index (χ1v) is 13.5. The zero-order valence-corrected chi connectivity index (χ0v) is 18.5. The van der Waals surface area contributed by atoms with Gasteiger partial charge in [0.25, 0.3) is 0 Å². The summed E-state index contributed by atoms with van der Waals surface area (Å²) < 4.78 is 48.6. The van der Waals surface area contributed by atoms with Gasteiger partial charge in [-0.15, -0.1) is 0 Å². The molecule has 3 rings (SSSR count). The number of benzene rings is 1. The standard InChI is InChI=1S/C19H29N3O5S2/c1-20(28(2,24)25)17-8-10-22(11-9-17)19(23)18(16-6-4-3-5-7-16)21-12-14-29(26,27)15-13-21/h3-7,17-18H,8-15H2,1-2H3. The third-order valence-electron chi connectivity index (χ3n) is 5.91. The molecule has 10 heteroatoms. The quantitative estimate of drug-likeness (QED) is 0.651. The van der Waals surface area contributed by atoms with Crippen LogP contribution in [0.2, 0.25) is 0 Å². The van der Waals surface area contributed by atoms with E-state index in [9.17, 15) is 21.6 Å². The van der Waals surface area contributed by atoms with Gasteiger partial charge in [0.2, 0.25) is 15.9 Å². The minimum atomic E-state index is -3.26. The van der Waals surface area contributed by atoms with Crippen molar-refractivity contribution in [1.82, 2.24) is 14.1 Å². The number of hydrogen-bond donors (Lipinski definition) is 0. The van der Waals surface area contributed by atoms with E-state index in [1.54, 1.807) is 11.9 Å². The first-order chi connectivity index (χ1) is 13.6. The summed E-state index contributed by atoms with van der Waals surface area (Å²) in [6.07, 6.45) is 2.37. The minimum Gasteiger partial charge on any atom is -0.341 e. The first-order valence-electron chi connectivity index (χ1n) is 9.80. The van der Waals surface area contributed by atoms with Crippen LogP contribution in [0, 0.1) is 0 Å². The second-order valence-electron chi connectivity index (χ2n) is 7.84. The summed E-state index contributed by atoms with van der Waals surface area (Å²) in [5.74, 6) is 0.0753. The Kier molecular flexibility index (Phi) is 6.67. The first kappa shape index (κ1) is 22.2.